The summed E-state index contributed by atoms with van der Waals surface area (Å²) in [5.41, 5.74) is 0. The van der Waals surface area contributed by atoms with Crippen LogP contribution in [0.1, 0.15) is 34.0 Å². The molecule has 0 bridgehead atoms. The largest absolute Gasteiger partial charge is 0.461 e. The Morgan fingerprint density at radius 1 is 0.615 bits per heavy atom. The van der Waals surface area contributed by atoms with Crippen molar-refractivity contribution in [1.29, 1.82) is 0 Å². The maximum Gasteiger partial charge on any atom is 0.198 e. The van der Waals surface area contributed by atoms with Gasteiger partial charge in [-0.2, -0.15) is 0 Å². The predicted octanol–water partition coefficient (Wildman–Crippen LogP) is 5.24. The Morgan fingerprint density at radius 3 is 1.46 bits per heavy atom. The van der Waals surface area contributed by atoms with Gasteiger partial charge in [-0.1, -0.05) is 0 Å². The molecule has 6 nitrogen and oxygen atoms in total. The van der Waals surface area contributed by atoms with E-state index in [1.165, 1.54) is 12.5 Å². The standard InChI is InChI=1S/C20H14O6/c21-13(15-7-9-19(25-15)17-3-1-11-23-17)5-6-14(22)16-8-10-20(26-16)18-4-2-12-24-18/h1-4,7-12H,5-6H2. The van der Waals surface area contributed by atoms with E-state index in [1.807, 2.05) is 0 Å². The van der Waals surface area contributed by atoms with Crippen LogP contribution in [0, 0.1) is 0 Å². The molecule has 4 aromatic heterocycles. The zero-order valence-electron chi connectivity index (χ0n) is 13.6. The molecule has 6 heteroatoms. The number of rotatable bonds is 7. The number of ketones is 2. The maximum absolute atomic E-state index is 12.2. The molecular formula is C20H14O6. The number of hydrogen-bond donors (Lipinski definition) is 0. The van der Waals surface area contributed by atoms with Crippen LogP contribution in [0.25, 0.3) is 23.0 Å². The van der Waals surface area contributed by atoms with Crippen LogP contribution in [0.15, 0.2) is 78.7 Å². The first-order chi connectivity index (χ1) is 12.7. The summed E-state index contributed by atoms with van der Waals surface area (Å²) in [6.45, 7) is 0. The molecule has 4 heterocycles. The fourth-order valence-electron chi connectivity index (χ4n) is 2.55. The van der Waals surface area contributed by atoms with Crippen molar-refractivity contribution in [3.05, 3.63) is 72.6 Å². The van der Waals surface area contributed by atoms with Crippen LogP contribution in [0.2, 0.25) is 0 Å². The average Bonchev–Trinajstić information content (AvgIpc) is 3.42. The second-order valence-electron chi connectivity index (χ2n) is 5.63. The van der Waals surface area contributed by atoms with Crippen LogP contribution >= 0.6 is 0 Å². The van der Waals surface area contributed by atoms with Gasteiger partial charge in [0, 0.05) is 12.8 Å². The lowest BCUT2D eigenvalue weighted by molar-refractivity contribution is 0.0890. The first-order valence-corrected chi connectivity index (χ1v) is 8.04. The molecule has 0 saturated heterocycles. The van der Waals surface area contributed by atoms with Gasteiger partial charge in [-0.3, -0.25) is 9.59 Å². The Labute approximate surface area is 148 Å². The minimum Gasteiger partial charge on any atom is -0.461 e. The summed E-state index contributed by atoms with van der Waals surface area (Å²) in [5.74, 6) is 1.91. The molecule has 130 valence electrons. The lowest BCUT2D eigenvalue weighted by atomic mass is 10.1. The maximum atomic E-state index is 12.2. The monoisotopic (exact) mass is 350 g/mol. The van der Waals surface area contributed by atoms with Crippen LogP contribution in [0.5, 0.6) is 0 Å². The van der Waals surface area contributed by atoms with Crippen LogP contribution in [0.3, 0.4) is 0 Å². The molecule has 4 rings (SSSR count). The highest BCUT2D eigenvalue weighted by molar-refractivity contribution is 6.00. The highest BCUT2D eigenvalue weighted by Gasteiger charge is 2.18. The van der Waals surface area contributed by atoms with E-state index in [0.717, 1.165) is 0 Å². The molecule has 0 saturated carbocycles. The lowest BCUT2D eigenvalue weighted by Gasteiger charge is -1.97. The topological polar surface area (TPSA) is 86.7 Å². The van der Waals surface area contributed by atoms with Crippen LogP contribution in [-0.2, 0) is 0 Å². The molecule has 0 aliphatic carbocycles. The molecule has 0 aromatic carbocycles. The quantitative estimate of drug-likeness (QED) is 0.424. The summed E-state index contributed by atoms with van der Waals surface area (Å²) < 4.78 is 21.4. The van der Waals surface area contributed by atoms with E-state index in [9.17, 15) is 9.59 Å². The number of carbonyl (C=O) groups is 2. The smallest absolute Gasteiger partial charge is 0.198 e. The second kappa shape index (κ2) is 6.76. The Morgan fingerprint density at radius 2 is 1.08 bits per heavy atom. The van der Waals surface area contributed by atoms with Crippen molar-refractivity contribution in [2.75, 3.05) is 0 Å². The molecule has 0 radical (unpaired) electrons. The molecule has 0 unspecified atom stereocenters. The van der Waals surface area contributed by atoms with Gasteiger partial charge < -0.3 is 17.7 Å². The Hall–Kier alpha value is -3.54. The Balaban J connectivity index is 1.38. The van der Waals surface area contributed by atoms with Crippen molar-refractivity contribution in [3.8, 4) is 23.0 Å². The third kappa shape index (κ3) is 3.17. The second-order valence-corrected chi connectivity index (χ2v) is 5.63. The summed E-state index contributed by atoms with van der Waals surface area (Å²) in [6.07, 6.45) is 3.11. The molecule has 4 aromatic rings. The third-order valence-electron chi connectivity index (χ3n) is 3.87. The molecular weight excluding hydrogens is 336 g/mol. The van der Waals surface area contributed by atoms with Gasteiger partial charge in [-0.25, -0.2) is 0 Å². The van der Waals surface area contributed by atoms with Gasteiger partial charge in [0.1, 0.15) is 0 Å². The van der Waals surface area contributed by atoms with E-state index < -0.39 is 0 Å². The molecule has 0 fully saturated rings. The highest BCUT2D eigenvalue weighted by Crippen LogP contribution is 2.25. The van der Waals surface area contributed by atoms with Crippen molar-refractivity contribution < 1.29 is 27.3 Å². The Bertz CT molecular complexity index is 930. The normalized spacial score (nSPS) is 10.9. The number of hydrogen-bond acceptors (Lipinski definition) is 6. The molecule has 0 aliphatic heterocycles. The van der Waals surface area contributed by atoms with Crippen molar-refractivity contribution in [3.63, 3.8) is 0 Å². The SMILES string of the molecule is O=C(CCC(=O)c1ccc(-c2ccco2)o1)c1ccc(-c2ccco2)o1. The van der Waals surface area contributed by atoms with Crippen molar-refractivity contribution >= 4 is 11.6 Å². The van der Waals surface area contributed by atoms with E-state index in [4.69, 9.17) is 17.7 Å². The predicted molar refractivity (Wildman–Crippen MR) is 90.7 cm³/mol. The van der Waals surface area contributed by atoms with Crippen molar-refractivity contribution in [1.82, 2.24) is 0 Å². The van der Waals surface area contributed by atoms with Gasteiger partial charge in [-0.05, 0) is 48.5 Å². The van der Waals surface area contributed by atoms with Gasteiger partial charge in [0.25, 0.3) is 0 Å². The van der Waals surface area contributed by atoms with E-state index in [1.54, 1.807) is 48.5 Å². The summed E-state index contributed by atoms with van der Waals surface area (Å²) in [4.78, 5) is 24.5. The van der Waals surface area contributed by atoms with Crippen molar-refractivity contribution in [2.24, 2.45) is 0 Å². The molecule has 0 amide bonds. The van der Waals surface area contributed by atoms with Gasteiger partial charge in [-0.15, -0.1) is 0 Å². The van der Waals surface area contributed by atoms with E-state index in [0.29, 0.717) is 23.0 Å². The first kappa shape index (κ1) is 16.0. The summed E-state index contributed by atoms with van der Waals surface area (Å²) in [5, 5.41) is 0. The molecule has 0 atom stereocenters. The van der Waals surface area contributed by atoms with Gasteiger partial charge in [0.05, 0.1) is 12.5 Å². The fourth-order valence-corrected chi connectivity index (χ4v) is 2.55. The summed E-state index contributed by atoms with van der Waals surface area (Å²) in [7, 11) is 0. The molecule has 0 spiro atoms. The van der Waals surface area contributed by atoms with E-state index >= 15 is 0 Å². The molecule has 0 N–H and O–H groups in total. The first-order valence-electron chi connectivity index (χ1n) is 8.04. The minimum absolute atomic E-state index is 0.0285. The minimum atomic E-state index is -0.256. The van der Waals surface area contributed by atoms with Crippen LogP contribution in [-0.4, -0.2) is 11.6 Å². The summed E-state index contributed by atoms with van der Waals surface area (Å²) in [6, 6.07) is 13.4. The fraction of sp³-hybridized carbons (Fsp3) is 0.100. The van der Waals surface area contributed by atoms with E-state index in [-0.39, 0.29) is 35.9 Å². The number of Topliss-reactive ketones (excluding diaryl/α,β-unsaturated/α-hetero) is 2. The lowest BCUT2D eigenvalue weighted by Crippen LogP contribution is -2.03. The van der Waals surface area contributed by atoms with Crippen molar-refractivity contribution in [2.45, 2.75) is 12.8 Å². The van der Waals surface area contributed by atoms with Gasteiger partial charge >= 0.3 is 0 Å². The van der Waals surface area contributed by atoms with Gasteiger partial charge in [0.15, 0.2) is 46.1 Å². The summed E-state index contributed by atoms with van der Waals surface area (Å²) >= 11 is 0. The molecule has 0 aliphatic rings. The van der Waals surface area contributed by atoms with Crippen LogP contribution < -0.4 is 0 Å². The van der Waals surface area contributed by atoms with E-state index in [2.05, 4.69) is 0 Å². The highest BCUT2D eigenvalue weighted by atomic mass is 16.4. The average molecular weight is 350 g/mol. The zero-order chi connectivity index (χ0) is 17.9. The number of furan rings is 4. The van der Waals surface area contributed by atoms with Gasteiger partial charge in [0.2, 0.25) is 0 Å². The van der Waals surface area contributed by atoms with Crippen LogP contribution in [0.4, 0.5) is 0 Å². The number of carbonyl (C=O) groups excluding carboxylic acids is 2. The zero-order valence-corrected chi connectivity index (χ0v) is 13.6. The third-order valence-corrected chi connectivity index (χ3v) is 3.87. The Kier molecular flexibility index (Phi) is 4.15. The molecule has 26 heavy (non-hydrogen) atoms.